The number of nitrogens with two attached hydrogens (primary N) is 1. The van der Waals surface area contributed by atoms with Crippen LogP contribution in [0.15, 0.2) is 24.3 Å². The largest absolute Gasteiger partial charge is 0.497 e. The summed E-state index contributed by atoms with van der Waals surface area (Å²) in [5.74, 6) is 0.925. The Balaban J connectivity index is 0.00000112. The fourth-order valence-corrected chi connectivity index (χ4v) is 1.96. The number of fused-ring (bicyclic) bond motifs is 1. The molecule has 3 heteroatoms. The van der Waals surface area contributed by atoms with Gasteiger partial charge in [0.25, 0.3) is 0 Å². The molecule has 2 N–H and O–H groups in total. The molecule has 0 atom stereocenters. The zero-order valence-corrected chi connectivity index (χ0v) is 9.64. The second kappa shape index (κ2) is 5.19. The summed E-state index contributed by atoms with van der Waals surface area (Å²) < 4.78 is 5.21. The Morgan fingerprint density at radius 3 is 2.87 bits per heavy atom. The molecular formula is C12H16ClNO. The fourth-order valence-electron chi connectivity index (χ4n) is 1.96. The van der Waals surface area contributed by atoms with Crippen LogP contribution < -0.4 is 10.5 Å². The molecule has 0 amide bonds. The van der Waals surface area contributed by atoms with Gasteiger partial charge in [0.15, 0.2) is 0 Å². The Morgan fingerprint density at radius 2 is 2.20 bits per heavy atom. The van der Waals surface area contributed by atoms with Gasteiger partial charge >= 0.3 is 0 Å². The normalized spacial score (nSPS) is 16.0. The standard InChI is InChI=1S/C12H15NO.ClH/c1-14-11-5-4-9-2-3-10(6-7-13)12(9)8-11;/h4-6,8H,2-3,7,13H2,1H3;1H/b10-6+;. The van der Waals surface area contributed by atoms with Crippen LogP contribution in [-0.2, 0) is 6.42 Å². The molecule has 1 aromatic rings. The highest BCUT2D eigenvalue weighted by molar-refractivity contribution is 5.85. The van der Waals surface area contributed by atoms with E-state index in [4.69, 9.17) is 10.5 Å². The fraction of sp³-hybridized carbons (Fsp3) is 0.333. The summed E-state index contributed by atoms with van der Waals surface area (Å²) in [4.78, 5) is 0. The van der Waals surface area contributed by atoms with Crippen molar-refractivity contribution in [3.8, 4) is 5.75 Å². The minimum absolute atomic E-state index is 0. The summed E-state index contributed by atoms with van der Waals surface area (Å²) in [7, 11) is 1.70. The Labute approximate surface area is 96.5 Å². The van der Waals surface area contributed by atoms with Gasteiger partial charge in [0.05, 0.1) is 7.11 Å². The highest BCUT2D eigenvalue weighted by Gasteiger charge is 2.15. The Bertz CT molecular complexity index is 374. The van der Waals surface area contributed by atoms with Gasteiger partial charge in [0.2, 0.25) is 0 Å². The number of rotatable bonds is 2. The predicted molar refractivity (Wildman–Crippen MR) is 65.6 cm³/mol. The molecule has 2 nitrogen and oxygen atoms in total. The van der Waals surface area contributed by atoms with E-state index in [0.717, 1.165) is 18.6 Å². The molecule has 1 aliphatic rings. The molecule has 1 aromatic carbocycles. The van der Waals surface area contributed by atoms with Crippen molar-refractivity contribution in [2.24, 2.45) is 5.73 Å². The van der Waals surface area contributed by atoms with Crippen LogP contribution in [0.3, 0.4) is 0 Å². The molecule has 0 spiro atoms. The molecule has 0 aliphatic heterocycles. The lowest BCUT2D eigenvalue weighted by Crippen LogP contribution is -1.94. The third kappa shape index (κ3) is 2.33. The van der Waals surface area contributed by atoms with Gasteiger partial charge in [0, 0.05) is 6.54 Å². The van der Waals surface area contributed by atoms with Crippen molar-refractivity contribution in [3.63, 3.8) is 0 Å². The quantitative estimate of drug-likeness (QED) is 0.839. The predicted octanol–water partition coefficient (Wildman–Crippen LogP) is 2.41. The van der Waals surface area contributed by atoms with E-state index in [9.17, 15) is 0 Å². The number of hydrogen-bond acceptors (Lipinski definition) is 2. The molecule has 0 saturated heterocycles. The molecule has 0 fully saturated rings. The first-order chi connectivity index (χ1) is 6.85. The van der Waals surface area contributed by atoms with Crippen molar-refractivity contribution >= 4 is 18.0 Å². The van der Waals surface area contributed by atoms with Gasteiger partial charge in [-0.3, -0.25) is 0 Å². The number of ether oxygens (including phenoxy) is 1. The highest BCUT2D eigenvalue weighted by Crippen LogP contribution is 2.34. The van der Waals surface area contributed by atoms with Crippen LogP contribution in [0.2, 0.25) is 0 Å². The van der Waals surface area contributed by atoms with Crippen LogP contribution in [0.5, 0.6) is 5.75 Å². The maximum atomic E-state index is 5.53. The number of allylic oxidation sites excluding steroid dienone is 1. The molecule has 82 valence electrons. The molecule has 0 aromatic heterocycles. The van der Waals surface area contributed by atoms with Gasteiger partial charge in [-0.25, -0.2) is 0 Å². The first kappa shape index (κ1) is 12.1. The minimum Gasteiger partial charge on any atom is -0.497 e. The lowest BCUT2D eigenvalue weighted by molar-refractivity contribution is 0.414. The Hall–Kier alpha value is -0.990. The van der Waals surface area contributed by atoms with Crippen LogP contribution in [0, 0.1) is 0 Å². The molecule has 1 aliphatic carbocycles. The van der Waals surface area contributed by atoms with E-state index in [1.54, 1.807) is 7.11 Å². The van der Waals surface area contributed by atoms with Gasteiger partial charge in [-0.2, -0.15) is 0 Å². The molecule has 0 bridgehead atoms. The number of methoxy groups -OCH3 is 1. The third-order valence-corrected chi connectivity index (χ3v) is 2.69. The summed E-state index contributed by atoms with van der Waals surface area (Å²) >= 11 is 0. The first-order valence-corrected chi connectivity index (χ1v) is 4.91. The topological polar surface area (TPSA) is 35.2 Å². The maximum absolute atomic E-state index is 5.53. The zero-order valence-electron chi connectivity index (χ0n) is 8.82. The maximum Gasteiger partial charge on any atom is 0.119 e. The Kier molecular flexibility index (Phi) is 4.18. The molecule has 0 heterocycles. The SMILES string of the molecule is COc1ccc2c(c1)/C(=C/CN)CC2.Cl. The highest BCUT2D eigenvalue weighted by atomic mass is 35.5. The van der Waals surface area contributed by atoms with E-state index in [-0.39, 0.29) is 12.4 Å². The number of halogens is 1. The second-order valence-corrected chi connectivity index (χ2v) is 3.49. The number of benzene rings is 1. The van der Waals surface area contributed by atoms with Crippen LogP contribution in [0.4, 0.5) is 0 Å². The van der Waals surface area contributed by atoms with Crippen molar-refractivity contribution in [1.82, 2.24) is 0 Å². The average Bonchev–Trinajstić information content (AvgIpc) is 2.61. The van der Waals surface area contributed by atoms with Gasteiger partial charge in [-0.1, -0.05) is 12.1 Å². The molecule has 0 saturated carbocycles. The van der Waals surface area contributed by atoms with E-state index < -0.39 is 0 Å². The first-order valence-electron chi connectivity index (χ1n) is 4.91. The second-order valence-electron chi connectivity index (χ2n) is 3.49. The van der Waals surface area contributed by atoms with Crippen LogP contribution >= 0.6 is 12.4 Å². The van der Waals surface area contributed by atoms with Gasteiger partial charge in [-0.05, 0) is 41.7 Å². The summed E-state index contributed by atoms with van der Waals surface area (Å²) in [6.45, 7) is 0.617. The Morgan fingerprint density at radius 1 is 1.40 bits per heavy atom. The van der Waals surface area contributed by atoms with Crippen molar-refractivity contribution in [3.05, 3.63) is 35.4 Å². The van der Waals surface area contributed by atoms with E-state index in [0.29, 0.717) is 6.54 Å². The van der Waals surface area contributed by atoms with Crippen molar-refractivity contribution in [2.75, 3.05) is 13.7 Å². The zero-order chi connectivity index (χ0) is 9.97. The summed E-state index contributed by atoms with van der Waals surface area (Å²) in [6.07, 6.45) is 4.34. The van der Waals surface area contributed by atoms with Crippen LogP contribution in [0.25, 0.3) is 5.57 Å². The molecular weight excluding hydrogens is 210 g/mol. The summed E-state index contributed by atoms with van der Waals surface area (Å²) in [5, 5.41) is 0. The molecule has 15 heavy (non-hydrogen) atoms. The van der Waals surface area contributed by atoms with Crippen LogP contribution in [-0.4, -0.2) is 13.7 Å². The van der Waals surface area contributed by atoms with E-state index in [1.165, 1.54) is 16.7 Å². The van der Waals surface area contributed by atoms with E-state index in [2.05, 4.69) is 18.2 Å². The lowest BCUT2D eigenvalue weighted by Gasteiger charge is -2.04. The van der Waals surface area contributed by atoms with Crippen molar-refractivity contribution < 1.29 is 4.74 Å². The van der Waals surface area contributed by atoms with Gasteiger partial charge < -0.3 is 10.5 Å². The molecule has 0 unspecified atom stereocenters. The number of hydrogen-bond donors (Lipinski definition) is 1. The van der Waals surface area contributed by atoms with Gasteiger partial charge in [0.1, 0.15) is 5.75 Å². The summed E-state index contributed by atoms with van der Waals surface area (Å²) in [5.41, 5.74) is 9.61. The summed E-state index contributed by atoms with van der Waals surface area (Å²) in [6, 6.07) is 6.26. The lowest BCUT2D eigenvalue weighted by atomic mass is 10.1. The smallest absolute Gasteiger partial charge is 0.119 e. The molecule has 2 rings (SSSR count). The average molecular weight is 226 g/mol. The minimum atomic E-state index is 0. The number of aryl methyl sites for hydroxylation is 1. The van der Waals surface area contributed by atoms with Gasteiger partial charge in [-0.15, -0.1) is 12.4 Å². The van der Waals surface area contributed by atoms with E-state index >= 15 is 0 Å². The van der Waals surface area contributed by atoms with E-state index in [1.807, 2.05) is 6.07 Å². The monoisotopic (exact) mass is 225 g/mol. The third-order valence-electron chi connectivity index (χ3n) is 2.69. The van der Waals surface area contributed by atoms with Crippen molar-refractivity contribution in [1.29, 1.82) is 0 Å². The van der Waals surface area contributed by atoms with Crippen LogP contribution in [0.1, 0.15) is 17.5 Å². The molecule has 0 radical (unpaired) electrons. The van der Waals surface area contributed by atoms with Crippen molar-refractivity contribution in [2.45, 2.75) is 12.8 Å².